The van der Waals surface area contributed by atoms with Crippen LogP contribution in [0.4, 0.5) is 17.1 Å². The second-order valence-corrected chi connectivity index (χ2v) is 5.92. The van der Waals surface area contributed by atoms with E-state index in [1.54, 1.807) is 4.90 Å². The fraction of sp³-hybridized carbons (Fsp3) is 0.333. The maximum absolute atomic E-state index is 12.5. The molecule has 2 amide bonds. The number of nitrogens with zero attached hydrogens (tertiary/aromatic N) is 2. The molecule has 0 fully saturated rings. The molecular formula is C21H27N3O2. The maximum atomic E-state index is 12.5. The third kappa shape index (κ3) is 5.09. The van der Waals surface area contributed by atoms with Crippen LogP contribution in [0.3, 0.4) is 0 Å². The Kier molecular flexibility index (Phi) is 7.21. The molecular weight excluding hydrogens is 326 g/mol. The lowest BCUT2D eigenvalue weighted by molar-refractivity contribution is -0.125. The molecule has 0 saturated heterocycles. The Morgan fingerprint density at radius 2 is 1.42 bits per heavy atom. The van der Waals surface area contributed by atoms with Crippen molar-refractivity contribution in [1.29, 1.82) is 0 Å². The summed E-state index contributed by atoms with van der Waals surface area (Å²) < 4.78 is 0. The van der Waals surface area contributed by atoms with Crippen LogP contribution in [0.5, 0.6) is 0 Å². The molecule has 0 atom stereocenters. The molecule has 0 aliphatic heterocycles. The van der Waals surface area contributed by atoms with Gasteiger partial charge in [0.1, 0.15) is 6.42 Å². The second-order valence-electron chi connectivity index (χ2n) is 5.92. The van der Waals surface area contributed by atoms with Gasteiger partial charge in [0.2, 0.25) is 11.8 Å². The standard InChI is InChI=1S/C21H27N3O2/c1-4-23(5-2)18-14-12-17(13-15-18)22-20(25)16-21(26)24(6-3)19-10-8-7-9-11-19/h7-15H,4-6,16H2,1-3H3,(H,22,25). The minimum atomic E-state index is -0.306. The Hall–Kier alpha value is -2.82. The first-order valence-corrected chi connectivity index (χ1v) is 9.09. The van der Waals surface area contributed by atoms with Gasteiger partial charge < -0.3 is 15.1 Å². The van der Waals surface area contributed by atoms with Gasteiger partial charge in [0.15, 0.2) is 0 Å². The van der Waals surface area contributed by atoms with Gasteiger partial charge in [-0.2, -0.15) is 0 Å². The molecule has 0 radical (unpaired) electrons. The van der Waals surface area contributed by atoms with Crippen LogP contribution in [-0.2, 0) is 9.59 Å². The van der Waals surface area contributed by atoms with Crippen molar-refractivity contribution in [2.24, 2.45) is 0 Å². The monoisotopic (exact) mass is 353 g/mol. The van der Waals surface area contributed by atoms with E-state index in [2.05, 4.69) is 24.1 Å². The Labute approximate surface area is 155 Å². The van der Waals surface area contributed by atoms with Gasteiger partial charge in [-0.3, -0.25) is 9.59 Å². The molecule has 0 aliphatic carbocycles. The molecule has 0 aromatic heterocycles. The summed E-state index contributed by atoms with van der Waals surface area (Å²) in [6, 6.07) is 17.1. The summed E-state index contributed by atoms with van der Waals surface area (Å²) in [4.78, 5) is 28.5. The highest BCUT2D eigenvalue weighted by Gasteiger charge is 2.17. The number of hydrogen-bond donors (Lipinski definition) is 1. The van der Waals surface area contributed by atoms with Crippen LogP contribution in [0.2, 0.25) is 0 Å². The summed E-state index contributed by atoms with van der Waals surface area (Å²) in [6.45, 7) is 8.50. The molecule has 0 aliphatic rings. The fourth-order valence-electron chi connectivity index (χ4n) is 2.89. The third-order valence-corrected chi connectivity index (χ3v) is 4.28. The summed E-state index contributed by atoms with van der Waals surface area (Å²) >= 11 is 0. The average Bonchev–Trinajstić information content (AvgIpc) is 2.65. The molecule has 0 spiro atoms. The summed E-state index contributed by atoms with van der Waals surface area (Å²) in [5, 5.41) is 2.80. The van der Waals surface area contributed by atoms with Crippen molar-refractivity contribution >= 4 is 28.9 Å². The molecule has 2 aromatic carbocycles. The Balaban J connectivity index is 1.96. The lowest BCUT2D eigenvalue weighted by Gasteiger charge is -2.21. The topological polar surface area (TPSA) is 52.7 Å². The van der Waals surface area contributed by atoms with Crippen molar-refractivity contribution in [3.05, 3.63) is 54.6 Å². The van der Waals surface area contributed by atoms with Crippen LogP contribution in [0.25, 0.3) is 0 Å². The Bertz CT molecular complexity index is 710. The molecule has 2 rings (SSSR count). The van der Waals surface area contributed by atoms with E-state index in [9.17, 15) is 9.59 Å². The highest BCUT2D eigenvalue weighted by molar-refractivity contribution is 6.09. The number of nitrogens with one attached hydrogen (secondary N) is 1. The molecule has 2 aromatic rings. The number of carbonyl (C=O) groups excluding carboxylic acids is 2. The second kappa shape index (κ2) is 9.61. The SMILES string of the molecule is CCN(CC)c1ccc(NC(=O)CC(=O)N(CC)c2ccccc2)cc1. The zero-order chi connectivity index (χ0) is 18.9. The molecule has 0 heterocycles. The predicted molar refractivity (Wildman–Crippen MR) is 108 cm³/mol. The van der Waals surface area contributed by atoms with Crippen molar-refractivity contribution in [2.75, 3.05) is 34.8 Å². The van der Waals surface area contributed by atoms with Gasteiger partial charge in [-0.25, -0.2) is 0 Å². The van der Waals surface area contributed by atoms with Gasteiger partial charge in [-0.15, -0.1) is 0 Å². The maximum Gasteiger partial charge on any atom is 0.236 e. The van der Waals surface area contributed by atoms with Gasteiger partial charge in [-0.1, -0.05) is 18.2 Å². The molecule has 138 valence electrons. The Morgan fingerprint density at radius 3 is 1.96 bits per heavy atom. The summed E-state index contributed by atoms with van der Waals surface area (Å²) in [5.74, 6) is -0.518. The minimum Gasteiger partial charge on any atom is -0.372 e. The van der Waals surface area contributed by atoms with Crippen LogP contribution in [-0.4, -0.2) is 31.4 Å². The zero-order valence-corrected chi connectivity index (χ0v) is 15.7. The first-order chi connectivity index (χ1) is 12.6. The highest BCUT2D eigenvalue weighted by Crippen LogP contribution is 2.18. The van der Waals surface area contributed by atoms with Crippen molar-refractivity contribution in [3.8, 4) is 0 Å². The van der Waals surface area contributed by atoms with E-state index in [0.717, 1.165) is 24.5 Å². The Morgan fingerprint density at radius 1 is 0.808 bits per heavy atom. The normalized spacial score (nSPS) is 10.3. The number of anilines is 3. The van der Waals surface area contributed by atoms with E-state index >= 15 is 0 Å². The van der Waals surface area contributed by atoms with Crippen molar-refractivity contribution < 1.29 is 9.59 Å². The van der Waals surface area contributed by atoms with E-state index in [-0.39, 0.29) is 18.2 Å². The predicted octanol–water partition coefficient (Wildman–Crippen LogP) is 3.91. The molecule has 0 bridgehead atoms. The van der Waals surface area contributed by atoms with Gasteiger partial charge in [0.05, 0.1) is 0 Å². The first kappa shape index (κ1) is 19.5. The number of carbonyl (C=O) groups is 2. The van der Waals surface area contributed by atoms with Crippen LogP contribution in [0, 0.1) is 0 Å². The summed E-state index contributed by atoms with van der Waals surface area (Å²) in [7, 11) is 0. The van der Waals surface area contributed by atoms with Gasteiger partial charge in [-0.05, 0) is 57.2 Å². The van der Waals surface area contributed by atoms with E-state index in [0.29, 0.717) is 12.2 Å². The van der Waals surface area contributed by atoms with Crippen LogP contribution < -0.4 is 15.1 Å². The highest BCUT2D eigenvalue weighted by atomic mass is 16.2. The fourth-order valence-corrected chi connectivity index (χ4v) is 2.89. The van der Waals surface area contributed by atoms with Crippen molar-refractivity contribution in [3.63, 3.8) is 0 Å². The van der Waals surface area contributed by atoms with E-state index in [1.165, 1.54) is 0 Å². The van der Waals surface area contributed by atoms with E-state index < -0.39 is 0 Å². The lowest BCUT2D eigenvalue weighted by atomic mass is 10.2. The third-order valence-electron chi connectivity index (χ3n) is 4.28. The molecule has 5 heteroatoms. The number of para-hydroxylation sites is 1. The quantitative estimate of drug-likeness (QED) is 0.732. The minimum absolute atomic E-state index is 0.180. The molecule has 5 nitrogen and oxygen atoms in total. The smallest absolute Gasteiger partial charge is 0.236 e. The van der Waals surface area contributed by atoms with Gasteiger partial charge >= 0.3 is 0 Å². The zero-order valence-electron chi connectivity index (χ0n) is 15.7. The van der Waals surface area contributed by atoms with Gasteiger partial charge in [0, 0.05) is 36.7 Å². The number of amides is 2. The number of benzene rings is 2. The lowest BCUT2D eigenvalue weighted by Crippen LogP contribution is -2.33. The van der Waals surface area contributed by atoms with E-state index in [4.69, 9.17) is 0 Å². The average molecular weight is 353 g/mol. The number of rotatable bonds is 8. The molecule has 0 saturated carbocycles. The largest absolute Gasteiger partial charge is 0.372 e. The van der Waals surface area contributed by atoms with Gasteiger partial charge in [0.25, 0.3) is 0 Å². The van der Waals surface area contributed by atoms with Crippen LogP contribution in [0.1, 0.15) is 27.2 Å². The van der Waals surface area contributed by atoms with E-state index in [1.807, 2.05) is 61.5 Å². The van der Waals surface area contributed by atoms with Crippen molar-refractivity contribution in [2.45, 2.75) is 27.2 Å². The molecule has 1 N–H and O–H groups in total. The van der Waals surface area contributed by atoms with Crippen LogP contribution >= 0.6 is 0 Å². The molecule has 0 unspecified atom stereocenters. The summed E-state index contributed by atoms with van der Waals surface area (Å²) in [5.41, 5.74) is 2.61. The first-order valence-electron chi connectivity index (χ1n) is 9.09. The summed E-state index contributed by atoms with van der Waals surface area (Å²) in [6.07, 6.45) is -0.180. The van der Waals surface area contributed by atoms with Crippen LogP contribution in [0.15, 0.2) is 54.6 Å². The molecule has 26 heavy (non-hydrogen) atoms. The van der Waals surface area contributed by atoms with Crippen molar-refractivity contribution in [1.82, 2.24) is 0 Å². The number of hydrogen-bond acceptors (Lipinski definition) is 3.